The number of benzene rings is 1. The molecule has 1 atom stereocenters. The lowest BCUT2D eigenvalue weighted by molar-refractivity contribution is 0.158. The lowest BCUT2D eigenvalue weighted by atomic mass is 10.1. The van der Waals surface area contributed by atoms with Gasteiger partial charge in [0.2, 0.25) is 0 Å². The Morgan fingerprint density at radius 1 is 1.30 bits per heavy atom. The number of hydrogen-bond donors (Lipinski definition) is 1. The zero-order valence-electron chi connectivity index (χ0n) is 12.7. The topological polar surface area (TPSA) is 39.7 Å². The van der Waals surface area contributed by atoms with Gasteiger partial charge in [0, 0.05) is 26.8 Å². The van der Waals surface area contributed by atoms with Gasteiger partial charge >= 0.3 is 0 Å². The molecule has 1 N–H and O–H groups in total. The van der Waals surface area contributed by atoms with Gasteiger partial charge in [0.1, 0.15) is 0 Å². The zero-order valence-corrected chi connectivity index (χ0v) is 14.2. The van der Waals surface area contributed by atoms with E-state index in [1.165, 1.54) is 0 Å². The van der Waals surface area contributed by atoms with Crippen LogP contribution in [-0.2, 0) is 11.3 Å². The first kappa shape index (κ1) is 17.3. The third-order valence-electron chi connectivity index (χ3n) is 2.85. The van der Waals surface area contributed by atoms with Gasteiger partial charge in [-0.15, -0.1) is 0 Å². The highest BCUT2D eigenvalue weighted by Crippen LogP contribution is 2.36. The van der Waals surface area contributed by atoms with Crippen LogP contribution in [0, 0.1) is 5.92 Å². The third kappa shape index (κ3) is 5.31. The van der Waals surface area contributed by atoms with Crippen LogP contribution >= 0.6 is 15.9 Å². The lowest BCUT2D eigenvalue weighted by Gasteiger charge is -2.15. The largest absolute Gasteiger partial charge is 0.493 e. The third-order valence-corrected chi connectivity index (χ3v) is 3.44. The highest BCUT2D eigenvalue weighted by molar-refractivity contribution is 9.10. The Hall–Kier alpha value is -0.780. The highest BCUT2D eigenvalue weighted by Gasteiger charge is 2.11. The molecule has 0 heterocycles. The van der Waals surface area contributed by atoms with Crippen molar-refractivity contribution >= 4 is 15.9 Å². The summed E-state index contributed by atoms with van der Waals surface area (Å²) < 4.78 is 17.0. The van der Waals surface area contributed by atoms with Crippen molar-refractivity contribution in [2.75, 3.05) is 34.0 Å². The van der Waals surface area contributed by atoms with E-state index in [-0.39, 0.29) is 0 Å². The average Bonchev–Trinajstić information content (AvgIpc) is 2.41. The molecule has 0 aliphatic carbocycles. The molecule has 114 valence electrons. The van der Waals surface area contributed by atoms with Crippen molar-refractivity contribution in [3.05, 3.63) is 22.2 Å². The minimum absolute atomic E-state index is 0.494. The summed E-state index contributed by atoms with van der Waals surface area (Å²) in [4.78, 5) is 0. The summed E-state index contributed by atoms with van der Waals surface area (Å²) in [6.07, 6.45) is 0. The number of nitrogens with one attached hydrogen (secondary N) is 1. The van der Waals surface area contributed by atoms with E-state index in [4.69, 9.17) is 14.2 Å². The Kier molecular flexibility index (Phi) is 7.95. The first-order valence-corrected chi connectivity index (χ1v) is 7.60. The fraction of sp³-hybridized carbons (Fsp3) is 0.600. The van der Waals surface area contributed by atoms with Crippen molar-refractivity contribution in [2.24, 2.45) is 5.92 Å². The first-order valence-electron chi connectivity index (χ1n) is 6.81. The minimum Gasteiger partial charge on any atom is -0.493 e. The van der Waals surface area contributed by atoms with Gasteiger partial charge in [0.25, 0.3) is 0 Å². The predicted octanol–water partition coefficient (Wildman–Crippen LogP) is 3.23. The van der Waals surface area contributed by atoms with Crippen LogP contribution < -0.4 is 14.8 Å². The Morgan fingerprint density at radius 2 is 2.05 bits per heavy atom. The maximum absolute atomic E-state index is 5.58. The molecule has 0 bridgehead atoms. The van der Waals surface area contributed by atoms with Crippen LogP contribution in [0.2, 0.25) is 0 Å². The van der Waals surface area contributed by atoms with Gasteiger partial charge in [-0.3, -0.25) is 0 Å². The molecule has 0 aromatic heterocycles. The molecular weight excluding hydrogens is 322 g/mol. The number of methoxy groups -OCH3 is 2. The van der Waals surface area contributed by atoms with E-state index in [2.05, 4.69) is 34.2 Å². The second-order valence-corrected chi connectivity index (χ2v) is 5.59. The zero-order chi connectivity index (χ0) is 15.0. The van der Waals surface area contributed by atoms with Crippen LogP contribution in [-0.4, -0.2) is 34.0 Å². The number of rotatable bonds is 9. The van der Waals surface area contributed by atoms with E-state index in [1.54, 1.807) is 14.2 Å². The van der Waals surface area contributed by atoms with Crippen molar-refractivity contribution in [3.8, 4) is 11.5 Å². The molecule has 4 nitrogen and oxygen atoms in total. The fourth-order valence-electron chi connectivity index (χ4n) is 1.97. The molecule has 5 heteroatoms. The average molecular weight is 346 g/mol. The van der Waals surface area contributed by atoms with Crippen molar-refractivity contribution in [2.45, 2.75) is 20.4 Å². The maximum Gasteiger partial charge on any atom is 0.175 e. The predicted molar refractivity (Wildman–Crippen MR) is 84.6 cm³/mol. The van der Waals surface area contributed by atoms with E-state index in [1.807, 2.05) is 13.0 Å². The summed E-state index contributed by atoms with van der Waals surface area (Å²) in [5.41, 5.74) is 1.15. The van der Waals surface area contributed by atoms with E-state index in [0.717, 1.165) is 41.2 Å². The SMILES string of the molecule is CCOc1c(Br)cc(CNCC(C)COC)cc1OC. The van der Waals surface area contributed by atoms with Gasteiger partial charge in [0.05, 0.1) is 18.2 Å². The van der Waals surface area contributed by atoms with Crippen molar-refractivity contribution in [1.82, 2.24) is 5.32 Å². The van der Waals surface area contributed by atoms with Crippen LogP contribution in [0.15, 0.2) is 16.6 Å². The molecule has 0 fully saturated rings. The van der Waals surface area contributed by atoms with E-state index in [9.17, 15) is 0 Å². The summed E-state index contributed by atoms with van der Waals surface area (Å²) >= 11 is 3.53. The maximum atomic E-state index is 5.58. The summed E-state index contributed by atoms with van der Waals surface area (Å²) in [5, 5.41) is 3.42. The van der Waals surface area contributed by atoms with Crippen molar-refractivity contribution in [1.29, 1.82) is 0 Å². The van der Waals surface area contributed by atoms with Crippen molar-refractivity contribution in [3.63, 3.8) is 0 Å². The summed E-state index contributed by atoms with van der Waals surface area (Å²) in [6, 6.07) is 4.06. The smallest absolute Gasteiger partial charge is 0.175 e. The fourth-order valence-corrected chi connectivity index (χ4v) is 2.57. The second kappa shape index (κ2) is 9.21. The second-order valence-electron chi connectivity index (χ2n) is 4.73. The van der Waals surface area contributed by atoms with Crippen LogP contribution in [0.3, 0.4) is 0 Å². The van der Waals surface area contributed by atoms with E-state index in [0.29, 0.717) is 12.5 Å². The van der Waals surface area contributed by atoms with Gasteiger partial charge in [-0.25, -0.2) is 0 Å². The molecule has 0 aliphatic heterocycles. The minimum atomic E-state index is 0.494. The summed E-state index contributed by atoms with van der Waals surface area (Å²) in [6.45, 7) is 7.20. The van der Waals surface area contributed by atoms with Crippen LogP contribution in [0.1, 0.15) is 19.4 Å². The van der Waals surface area contributed by atoms with E-state index >= 15 is 0 Å². The Morgan fingerprint density at radius 3 is 2.65 bits per heavy atom. The molecule has 0 aliphatic rings. The molecule has 20 heavy (non-hydrogen) atoms. The standard InChI is InChI=1S/C15H24BrNO3/c1-5-20-15-13(16)6-12(7-14(15)19-4)9-17-8-11(2)10-18-3/h6-7,11,17H,5,8-10H2,1-4H3. The van der Waals surface area contributed by atoms with Gasteiger partial charge in [0.15, 0.2) is 11.5 Å². The summed E-state index contributed by atoms with van der Waals surface area (Å²) in [7, 11) is 3.38. The lowest BCUT2D eigenvalue weighted by Crippen LogP contribution is -2.23. The quantitative estimate of drug-likeness (QED) is 0.745. The summed E-state index contributed by atoms with van der Waals surface area (Å²) in [5.74, 6) is 2.00. The van der Waals surface area contributed by atoms with E-state index < -0.39 is 0 Å². The molecule has 0 saturated heterocycles. The monoisotopic (exact) mass is 345 g/mol. The Balaban J connectivity index is 2.65. The molecule has 1 rings (SSSR count). The number of halogens is 1. The molecule has 0 spiro atoms. The molecule has 1 aromatic rings. The molecule has 0 radical (unpaired) electrons. The van der Waals surface area contributed by atoms with Crippen LogP contribution in [0.25, 0.3) is 0 Å². The van der Waals surface area contributed by atoms with Crippen LogP contribution in [0.5, 0.6) is 11.5 Å². The van der Waals surface area contributed by atoms with Crippen LogP contribution in [0.4, 0.5) is 0 Å². The molecule has 1 aromatic carbocycles. The number of hydrogen-bond acceptors (Lipinski definition) is 4. The molecule has 0 amide bonds. The van der Waals surface area contributed by atoms with Gasteiger partial charge in [-0.05, 0) is 46.5 Å². The molecule has 1 unspecified atom stereocenters. The molecule has 0 saturated carbocycles. The normalized spacial score (nSPS) is 12.2. The van der Waals surface area contributed by atoms with Gasteiger partial charge in [-0.1, -0.05) is 6.92 Å². The molecular formula is C15H24BrNO3. The highest BCUT2D eigenvalue weighted by atomic mass is 79.9. The van der Waals surface area contributed by atoms with Crippen molar-refractivity contribution < 1.29 is 14.2 Å². The Bertz CT molecular complexity index is 412. The number of ether oxygens (including phenoxy) is 3. The van der Waals surface area contributed by atoms with Gasteiger partial charge < -0.3 is 19.5 Å². The van der Waals surface area contributed by atoms with Gasteiger partial charge in [-0.2, -0.15) is 0 Å². The first-order chi connectivity index (χ1) is 9.62. The Labute approximate surface area is 129 Å².